The second-order valence-corrected chi connectivity index (χ2v) is 8.61. The molecule has 0 unspecified atom stereocenters. The Balaban J connectivity index is 1.63. The van der Waals surface area contributed by atoms with E-state index in [-0.39, 0.29) is 0 Å². The van der Waals surface area contributed by atoms with Gasteiger partial charge in [-0.1, -0.05) is 60.7 Å². The molecule has 6 rings (SSSR count). The zero-order chi connectivity index (χ0) is 23.2. The van der Waals surface area contributed by atoms with Gasteiger partial charge in [0.05, 0.1) is 0 Å². The number of hydrogen-bond acceptors (Lipinski definition) is 3. The van der Waals surface area contributed by atoms with Crippen LogP contribution >= 0.6 is 0 Å². The second kappa shape index (κ2) is 8.07. The van der Waals surface area contributed by atoms with Crippen LogP contribution in [0.4, 0.5) is 4.39 Å². The predicted molar refractivity (Wildman–Crippen MR) is 133 cm³/mol. The third kappa shape index (κ3) is 3.26. The van der Waals surface area contributed by atoms with Gasteiger partial charge in [0.1, 0.15) is 17.2 Å². The summed E-state index contributed by atoms with van der Waals surface area (Å²) in [4.78, 5) is 0. The molecule has 1 aliphatic rings. The van der Waals surface area contributed by atoms with Gasteiger partial charge in [-0.15, -0.1) is 0 Å². The number of halogens is 1. The molecule has 5 aromatic carbocycles. The van der Waals surface area contributed by atoms with Crippen LogP contribution in [0, 0.1) is 13.8 Å². The summed E-state index contributed by atoms with van der Waals surface area (Å²) in [6, 6.07) is 28.5. The highest BCUT2D eigenvalue weighted by atomic mass is 19.1. The lowest BCUT2D eigenvalue weighted by molar-refractivity contribution is 0.00674. The molecule has 0 amide bonds. The maximum Gasteiger partial charge on any atom is 0.268 e. The van der Waals surface area contributed by atoms with Gasteiger partial charge in [-0.3, -0.25) is 0 Å². The minimum atomic E-state index is -0.866. The largest absolute Gasteiger partial charge is 0.463 e. The van der Waals surface area contributed by atoms with Crippen LogP contribution in [0.5, 0.6) is 17.2 Å². The van der Waals surface area contributed by atoms with Crippen molar-refractivity contribution < 1.29 is 18.6 Å². The van der Waals surface area contributed by atoms with Gasteiger partial charge in [0, 0.05) is 16.7 Å². The standard InChI is InChI=1S/C30H23FO3/c1-18-15-22(32-17-31)16-19(2)27(18)30-33-25-13-11-20-7-3-5-9-23(20)28(25)29-24-10-6-4-8-21(24)12-14-26(29)34-30/h3-16,30H,17H2,1-2H3. The fraction of sp³-hybridized carbons (Fsp3) is 0.133. The summed E-state index contributed by atoms with van der Waals surface area (Å²) in [6.45, 7) is 3.07. The average Bonchev–Trinajstić information content (AvgIpc) is 3.01. The van der Waals surface area contributed by atoms with E-state index < -0.39 is 13.2 Å². The van der Waals surface area contributed by atoms with Crippen LogP contribution in [-0.4, -0.2) is 6.86 Å². The van der Waals surface area contributed by atoms with E-state index in [1.165, 1.54) is 0 Å². The minimum Gasteiger partial charge on any atom is -0.463 e. The predicted octanol–water partition coefficient (Wildman–Crippen LogP) is 8.05. The molecule has 1 aliphatic heterocycles. The number of alkyl halides is 1. The molecule has 168 valence electrons. The molecule has 0 atom stereocenters. The Morgan fingerprint density at radius 1 is 0.706 bits per heavy atom. The summed E-state index contributed by atoms with van der Waals surface area (Å²) in [5, 5.41) is 4.51. The van der Waals surface area contributed by atoms with Crippen molar-refractivity contribution in [1.82, 2.24) is 0 Å². The Morgan fingerprint density at radius 3 is 1.71 bits per heavy atom. The molecule has 0 radical (unpaired) electrons. The molecule has 3 nitrogen and oxygen atoms in total. The van der Waals surface area contributed by atoms with Gasteiger partial charge in [-0.05, 0) is 70.8 Å². The topological polar surface area (TPSA) is 27.7 Å². The molecule has 5 aromatic rings. The van der Waals surface area contributed by atoms with Crippen molar-refractivity contribution in [3.05, 3.63) is 102 Å². The zero-order valence-corrected chi connectivity index (χ0v) is 19.0. The van der Waals surface area contributed by atoms with Gasteiger partial charge in [0.25, 0.3) is 6.29 Å². The Morgan fingerprint density at radius 2 is 1.21 bits per heavy atom. The van der Waals surface area contributed by atoms with Crippen molar-refractivity contribution >= 4 is 21.5 Å². The van der Waals surface area contributed by atoms with Gasteiger partial charge in [0.15, 0.2) is 0 Å². The van der Waals surface area contributed by atoms with Gasteiger partial charge in [0.2, 0.25) is 6.86 Å². The summed E-state index contributed by atoms with van der Waals surface area (Å²) in [5.74, 6) is 2.02. The number of hydrogen-bond donors (Lipinski definition) is 0. The first kappa shape index (κ1) is 20.5. The smallest absolute Gasteiger partial charge is 0.268 e. The Bertz CT molecular complexity index is 1450. The van der Waals surface area contributed by atoms with E-state index in [9.17, 15) is 4.39 Å². The maximum absolute atomic E-state index is 12.8. The van der Waals surface area contributed by atoms with Gasteiger partial charge in [-0.2, -0.15) is 0 Å². The van der Waals surface area contributed by atoms with Gasteiger partial charge >= 0.3 is 0 Å². The van der Waals surface area contributed by atoms with Crippen LogP contribution in [-0.2, 0) is 0 Å². The van der Waals surface area contributed by atoms with Crippen molar-refractivity contribution in [2.24, 2.45) is 0 Å². The summed E-state index contributed by atoms with van der Waals surface area (Å²) < 4.78 is 31.1. The van der Waals surface area contributed by atoms with E-state index in [2.05, 4.69) is 48.5 Å². The van der Waals surface area contributed by atoms with E-state index in [0.29, 0.717) is 5.75 Å². The van der Waals surface area contributed by atoms with Crippen LogP contribution in [0.1, 0.15) is 23.0 Å². The Kier molecular flexibility index (Phi) is 4.88. The highest BCUT2D eigenvalue weighted by molar-refractivity contribution is 6.09. The van der Waals surface area contributed by atoms with E-state index in [1.807, 2.05) is 50.2 Å². The van der Waals surface area contributed by atoms with Gasteiger partial charge < -0.3 is 14.2 Å². The molecule has 0 fully saturated rings. The molecule has 1 heterocycles. The summed E-state index contributed by atoms with van der Waals surface area (Å²) in [6.07, 6.45) is -0.665. The molecular formula is C30H23FO3. The lowest BCUT2D eigenvalue weighted by Crippen LogP contribution is -2.17. The molecule has 0 aromatic heterocycles. The fourth-order valence-electron chi connectivity index (χ4n) is 5.04. The summed E-state index contributed by atoms with van der Waals surface area (Å²) in [7, 11) is 0. The zero-order valence-electron chi connectivity index (χ0n) is 19.0. The Hall–Kier alpha value is -4.05. The van der Waals surface area contributed by atoms with Crippen molar-refractivity contribution in [3.8, 4) is 28.4 Å². The number of benzene rings is 5. The highest BCUT2D eigenvalue weighted by Gasteiger charge is 2.29. The number of rotatable bonds is 3. The molecule has 0 spiro atoms. The second-order valence-electron chi connectivity index (χ2n) is 8.61. The monoisotopic (exact) mass is 450 g/mol. The van der Waals surface area contributed by atoms with E-state index in [0.717, 1.165) is 60.9 Å². The molecule has 0 N–H and O–H groups in total. The Labute approximate surface area is 197 Å². The van der Waals surface area contributed by atoms with Crippen LogP contribution in [0.2, 0.25) is 0 Å². The lowest BCUT2D eigenvalue weighted by atomic mass is 9.92. The van der Waals surface area contributed by atoms with E-state index in [1.54, 1.807) is 0 Å². The molecule has 0 aliphatic carbocycles. The van der Waals surface area contributed by atoms with Crippen LogP contribution < -0.4 is 14.2 Å². The van der Waals surface area contributed by atoms with E-state index in [4.69, 9.17) is 14.2 Å². The average molecular weight is 451 g/mol. The quantitative estimate of drug-likeness (QED) is 0.278. The summed E-state index contributed by atoms with van der Waals surface area (Å²) >= 11 is 0. The number of ether oxygens (including phenoxy) is 3. The highest BCUT2D eigenvalue weighted by Crippen LogP contribution is 2.50. The SMILES string of the molecule is Cc1cc(OCF)cc(C)c1C1Oc2ccc3ccccc3c2-c2c(ccc3ccccc23)O1. The fourth-order valence-corrected chi connectivity index (χ4v) is 5.04. The van der Waals surface area contributed by atoms with Crippen molar-refractivity contribution in [2.45, 2.75) is 20.1 Å². The van der Waals surface area contributed by atoms with Crippen LogP contribution in [0.3, 0.4) is 0 Å². The molecule has 0 bridgehead atoms. The van der Waals surface area contributed by atoms with Crippen LogP contribution in [0.15, 0.2) is 84.9 Å². The minimum absolute atomic E-state index is 0.493. The first-order valence-electron chi connectivity index (χ1n) is 11.3. The first-order valence-corrected chi connectivity index (χ1v) is 11.3. The van der Waals surface area contributed by atoms with Crippen molar-refractivity contribution in [2.75, 3.05) is 6.86 Å². The molecule has 4 heteroatoms. The third-order valence-electron chi connectivity index (χ3n) is 6.52. The van der Waals surface area contributed by atoms with Crippen molar-refractivity contribution in [3.63, 3.8) is 0 Å². The summed E-state index contributed by atoms with van der Waals surface area (Å²) in [5.41, 5.74) is 4.80. The van der Waals surface area contributed by atoms with Gasteiger partial charge in [-0.25, -0.2) is 4.39 Å². The lowest BCUT2D eigenvalue weighted by Gasteiger charge is -2.23. The van der Waals surface area contributed by atoms with E-state index >= 15 is 0 Å². The molecule has 0 saturated heterocycles. The van der Waals surface area contributed by atoms with Crippen LogP contribution in [0.25, 0.3) is 32.7 Å². The maximum atomic E-state index is 12.8. The normalized spacial score (nSPS) is 13.0. The first-order chi connectivity index (χ1) is 16.6. The molecule has 34 heavy (non-hydrogen) atoms. The third-order valence-corrected chi connectivity index (χ3v) is 6.52. The molecular weight excluding hydrogens is 427 g/mol. The molecule has 0 saturated carbocycles. The van der Waals surface area contributed by atoms with Crippen molar-refractivity contribution in [1.29, 1.82) is 0 Å². The number of aryl methyl sites for hydroxylation is 2. The number of fused-ring (bicyclic) bond motifs is 7.